The van der Waals surface area contributed by atoms with Gasteiger partial charge in [0.2, 0.25) is 0 Å². The normalized spacial score (nSPS) is 13.9. The van der Waals surface area contributed by atoms with Crippen LogP contribution in [0.3, 0.4) is 0 Å². The first-order valence-corrected chi connectivity index (χ1v) is 13.9. The topological polar surface area (TPSA) is 120 Å². The predicted octanol–water partition coefficient (Wildman–Crippen LogP) is 1.72. The van der Waals surface area contributed by atoms with Gasteiger partial charge in [-0.25, -0.2) is 0 Å². The molecule has 2 aromatic carbocycles. The summed E-state index contributed by atoms with van der Waals surface area (Å²) in [5.74, 6) is 0.704. The first kappa shape index (κ1) is 26.1. The van der Waals surface area contributed by atoms with E-state index in [2.05, 4.69) is 25.5 Å². The van der Waals surface area contributed by atoms with Crippen LogP contribution in [0.15, 0.2) is 65.4 Å². The Morgan fingerprint density at radius 3 is 2.70 bits per heavy atom. The Kier molecular flexibility index (Phi) is 7.54. The zero-order chi connectivity index (χ0) is 27.5. The summed E-state index contributed by atoms with van der Waals surface area (Å²) in [5, 5.41) is 10.9. The molecule has 1 saturated heterocycles. The van der Waals surface area contributed by atoms with Gasteiger partial charge >= 0.3 is 178 Å². The second-order valence-corrected chi connectivity index (χ2v) is 10.2. The Morgan fingerprint density at radius 2 is 1.93 bits per heavy atom. The quantitative estimate of drug-likeness (QED) is 0.264. The first-order valence-electron chi connectivity index (χ1n) is 12.6. The number of carbonyl (C=O) groups excluding carboxylic acids is 1. The van der Waals surface area contributed by atoms with E-state index in [-0.39, 0.29) is 11.7 Å². The van der Waals surface area contributed by atoms with Crippen molar-refractivity contribution in [3.63, 3.8) is 0 Å². The van der Waals surface area contributed by atoms with Crippen molar-refractivity contribution in [3.05, 3.63) is 72.2 Å². The molecule has 0 radical (unpaired) electrons. The summed E-state index contributed by atoms with van der Waals surface area (Å²) in [7, 11) is 0. The number of rotatable bonds is 8. The van der Waals surface area contributed by atoms with Crippen LogP contribution >= 0.6 is 0 Å². The summed E-state index contributed by atoms with van der Waals surface area (Å²) in [6, 6.07) is 14.7. The SMILES string of the molecule is O=C(NCCN1CCOCC1)c1cccc(Oc2cc3c(cn2)nc(-c2nonc2[AsH2])n3-c2ccc(F)cc2)c1. The fourth-order valence-corrected chi connectivity index (χ4v) is 4.94. The van der Waals surface area contributed by atoms with Gasteiger partial charge in [-0.15, -0.1) is 0 Å². The van der Waals surface area contributed by atoms with E-state index in [9.17, 15) is 9.18 Å². The van der Waals surface area contributed by atoms with Gasteiger partial charge in [-0.05, 0) is 0 Å². The van der Waals surface area contributed by atoms with E-state index in [1.54, 1.807) is 48.7 Å². The molecule has 0 saturated carbocycles. The molecule has 1 aliphatic heterocycles. The number of benzene rings is 2. The maximum atomic E-state index is 13.7. The van der Waals surface area contributed by atoms with Crippen molar-refractivity contribution in [2.24, 2.45) is 0 Å². The number of halogens is 1. The second-order valence-electron chi connectivity index (χ2n) is 9.10. The van der Waals surface area contributed by atoms with Gasteiger partial charge in [-0.3, -0.25) is 9.69 Å². The van der Waals surface area contributed by atoms with E-state index >= 15 is 0 Å². The second kappa shape index (κ2) is 11.5. The van der Waals surface area contributed by atoms with Crippen LogP contribution in [0.5, 0.6) is 11.6 Å². The van der Waals surface area contributed by atoms with Crippen LogP contribution in [0.4, 0.5) is 4.39 Å². The molecule has 1 fully saturated rings. The molecule has 40 heavy (non-hydrogen) atoms. The Labute approximate surface area is 236 Å². The number of fused-ring (bicyclic) bond motifs is 1. The molecule has 3 aromatic heterocycles. The van der Waals surface area contributed by atoms with Crippen LogP contribution in [-0.4, -0.2) is 91.9 Å². The number of imidazole rings is 1. The number of hydrogen-bond donors (Lipinski definition) is 1. The summed E-state index contributed by atoms with van der Waals surface area (Å²) in [6.07, 6.45) is 1.59. The van der Waals surface area contributed by atoms with Crippen LogP contribution in [0.25, 0.3) is 28.2 Å². The Balaban J connectivity index is 1.25. The minimum atomic E-state index is -0.354. The van der Waals surface area contributed by atoms with Crippen molar-refractivity contribution in [1.82, 2.24) is 35.1 Å². The number of hydrogen-bond acceptors (Lipinski definition) is 9. The standard InChI is InChI=1S/C27H25AsFN7O4/c28-25-24(33-40-34-25)26-32-21-16-31-23(15-22(21)36(26)19-6-4-18(29)5-7-19)39-20-3-1-2-17(14-20)27(37)30-8-9-35-10-12-38-13-11-35/h1-7,14-16H,8-13,28H2,(H,30,37). The molecule has 0 spiro atoms. The molecule has 204 valence electrons. The van der Waals surface area contributed by atoms with E-state index in [1.807, 2.05) is 4.57 Å². The number of ether oxygens (including phenoxy) is 2. The zero-order valence-electron chi connectivity index (χ0n) is 21.3. The third-order valence-corrected chi connectivity index (χ3v) is 7.26. The number of amides is 1. The van der Waals surface area contributed by atoms with Crippen molar-refractivity contribution in [1.29, 1.82) is 0 Å². The van der Waals surface area contributed by atoms with Crippen LogP contribution in [0.2, 0.25) is 0 Å². The molecule has 1 amide bonds. The molecule has 5 aromatic rings. The Hall–Kier alpha value is -4.12. The maximum absolute atomic E-state index is 13.7. The number of aromatic nitrogens is 5. The van der Waals surface area contributed by atoms with Crippen molar-refractivity contribution in [2.45, 2.75) is 0 Å². The number of nitrogens with zero attached hydrogens (tertiary/aromatic N) is 6. The molecular weight excluding hydrogens is 580 g/mol. The molecule has 0 bridgehead atoms. The van der Waals surface area contributed by atoms with E-state index < -0.39 is 0 Å². The number of morpholine rings is 1. The van der Waals surface area contributed by atoms with E-state index in [1.165, 1.54) is 29.0 Å². The van der Waals surface area contributed by atoms with Gasteiger partial charge < -0.3 is 10.1 Å². The molecule has 4 heterocycles. The summed E-state index contributed by atoms with van der Waals surface area (Å²) < 4.78 is 32.5. The van der Waals surface area contributed by atoms with Gasteiger partial charge in [-0.1, -0.05) is 0 Å². The molecule has 11 nitrogen and oxygen atoms in total. The number of nitrogens with one attached hydrogen (secondary N) is 1. The van der Waals surface area contributed by atoms with E-state index in [4.69, 9.17) is 19.1 Å². The number of carbonyl (C=O) groups is 1. The summed E-state index contributed by atoms with van der Waals surface area (Å²) in [6.45, 7) is 4.49. The number of pyridine rings is 1. The molecular formula is C27H25AsFN7O4. The van der Waals surface area contributed by atoms with Crippen molar-refractivity contribution < 1.29 is 23.3 Å². The molecule has 0 aliphatic carbocycles. The minimum absolute atomic E-state index is 0.181. The van der Waals surface area contributed by atoms with Crippen LogP contribution < -0.4 is 14.5 Å². The zero-order valence-corrected chi connectivity index (χ0v) is 23.7. The molecule has 1 N–H and O–H groups in total. The first-order chi connectivity index (χ1) is 19.5. The predicted molar refractivity (Wildman–Crippen MR) is 146 cm³/mol. The van der Waals surface area contributed by atoms with Crippen LogP contribution in [-0.2, 0) is 4.74 Å². The molecule has 1 unspecified atom stereocenters. The summed E-state index contributed by atoms with van der Waals surface area (Å²) in [5.41, 5.74) is 2.88. The van der Waals surface area contributed by atoms with Crippen LogP contribution in [0, 0.1) is 5.82 Å². The fourth-order valence-electron chi connectivity index (χ4n) is 4.46. The van der Waals surface area contributed by atoms with Crippen LogP contribution in [0.1, 0.15) is 10.4 Å². The Morgan fingerprint density at radius 1 is 1.10 bits per heavy atom. The third-order valence-electron chi connectivity index (χ3n) is 6.46. The van der Waals surface area contributed by atoms with Crippen molar-refractivity contribution >= 4 is 38.3 Å². The molecule has 1 atom stereocenters. The average molecular weight is 605 g/mol. The summed E-state index contributed by atoms with van der Waals surface area (Å²) >= 11 is 1.24. The molecule has 13 heteroatoms. The van der Waals surface area contributed by atoms with E-state index in [0.717, 1.165) is 32.8 Å². The van der Waals surface area contributed by atoms with Gasteiger partial charge in [0.1, 0.15) is 0 Å². The third kappa shape index (κ3) is 5.60. The molecule has 1 aliphatic rings. The van der Waals surface area contributed by atoms with Gasteiger partial charge in [0.05, 0.1) is 13.2 Å². The molecule has 6 rings (SSSR count). The Bertz CT molecular complexity index is 1650. The average Bonchev–Trinajstić information content (AvgIpc) is 3.57. The fraction of sp³-hybridized carbons (Fsp3) is 0.222. The summed E-state index contributed by atoms with van der Waals surface area (Å²) in [4.78, 5) is 24.1. The monoisotopic (exact) mass is 605 g/mol. The van der Waals surface area contributed by atoms with Gasteiger partial charge in [-0.2, -0.15) is 0 Å². The van der Waals surface area contributed by atoms with Gasteiger partial charge in [0.15, 0.2) is 0 Å². The van der Waals surface area contributed by atoms with Gasteiger partial charge in [0, 0.05) is 26.2 Å². The van der Waals surface area contributed by atoms with Crippen molar-refractivity contribution in [2.75, 3.05) is 39.4 Å². The van der Waals surface area contributed by atoms with E-state index in [0.29, 0.717) is 56.5 Å². The van der Waals surface area contributed by atoms with Crippen molar-refractivity contribution in [3.8, 4) is 28.8 Å². The van der Waals surface area contributed by atoms with Gasteiger partial charge in [0.25, 0.3) is 0 Å².